The highest BCUT2D eigenvalue weighted by Gasteiger charge is 2.46. The third-order valence-electron chi connectivity index (χ3n) is 4.63. The Morgan fingerprint density at radius 3 is 2.22 bits per heavy atom. The van der Waals surface area contributed by atoms with Gasteiger partial charge in [0.05, 0.1) is 18.4 Å². The van der Waals surface area contributed by atoms with Gasteiger partial charge in [0, 0.05) is 0 Å². The zero-order valence-electron chi connectivity index (χ0n) is 12.5. The van der Waals surface area contributed by atoms with Crippen molar-refractivity contribution in [3.8, 4) is 0 Å². The fourth-order valence-electron chi connectivity index (χ4n) is 3.26. The topological polar surface area (TPSA) is 157 Å². The summed E-state index contributed by atoms with van der Waals surface area (Å²) in [6.07, 6.45) is -3.52. The minimum atomic E-state index is -1.61. The molecule has 1 aliphatic heterocycles. The maximum absolute atomic E-state index is 12.3. The van der Waals surface area contributed by atoms with Crippen molar-refractivity contribution in [1.82, 2.24) is 5.32 Å². The minimum Gasteiger partial charge on any atom is -0.481 e. The van der Waals surface area contributed by atoms with Crippen LogP contribution in [0.1, 0.15) is 25.7 Å². The van der Waals surface area contributed by atoms with Crippen LogP contribution in [-0.4, -0.2) is 74.7 Å². The third-order valence-corrected chi connectivity index (χ3v) is 4.63. The summed E-state index contributed by atoms with van der Waals surface area (Å²) < 4.78 is 4.96. The summed E-state index contributed by atoms with van der Waals surface area (Å²) in [5.74, 6) is -3.21. The Hall–Kier alpha value is -1.26. The molecule has 5 unspecified atom stereocenters. The number of carboxylic acids is 1. The lowest BCUT2D eigenvalue weighted by molar-refractivity contribution is -0.254. The molecule has 2 aliphatic rings. The van der Waals surface area contributed by atoms with Crippen molar-refractivity contribution in [2.24, 2.45) is 11.8 Å². The maximum Gasteiger partial charge on any atom is 0.307 e. The van der Waals surface area contributed by atoms with Gasteiger partial charge >= 0.3 is 5.97 Å². The molecule has 132 valence electrons. The fraction of sp³-hybridized carbons (Fsp3) is 0.857. The Kier molecular flexibility index (Phi) is 5.93. The molecule has 0 radical (unpaired) electrons. The molecule has 0 bridgehead atoms. The molecule has 0 spiro atoms. The fourth-order valence-corrected chi connectivity index (χ4v) is 3.26. The van der Waals surface area contributed by atoms with Crippen molar-refractivity contribution >= 4 is 11.9 Å². The van der Waals surface area contributed by atoms with Gasteiger partial charge in [-0.2, -0.15) is 0 Å². The zero-order valence-corrected chi connectivity index (χ0v) is 12.5. The van der Waals surface area contributed by atoms with Gasteiger partial charge in [0.2, 0.25) is 5.91 Å². The van der Waals surface area contributed by atoms with E-state index in [9.17, 15) is 30.0 Å². The lowest BCUT2D eigenvalue weighted by atomic mass is 9.78. The average molecular weight is 333 g/mol. The highest BCUT2D eigenvalue weighted by Crippen LogP contribution is 2.31. The van der Waals surface area contributed by atoms with E-state index in [4.69, 9.17) is 9.84 Å². The highest BCUT2D eigenvalue weighted by atomic mass is 16.6. The molecule has 1 amide bonds. The third kappa shape index (κ3) is 3.81. The number of aliphatic hydroxyl groups is 4. The van der Waals surface area contributed by atoms with Crippen LogP contribution >= 0.6 is 0 Å². The van der Waals surface area contributed by atoms with Gasteiger partial charge in [0.25, 0.3) is 0 Å². The van der Waals surface area contributed by atoms with E-state index in [0.29, 0.717) is 12.8 Å². The van der Waals surface area contributed by atoms with E-state index < -0.39 is 61.0 Å². The van der Waals surface area contributed by atoms with Crippen LogP contribution in [0.2, 0.25) is 0 Å². The van der Waals surface area contributed by atoms with E-state index in [-0.39, 0.29) is 0 Å². The van der Waals surface area contributed by atoms with Crippen LogP contribution in [0.3, 0.4) is 0 Å². The second-order valence-electron chi connectivity index (χ2n) is 6.10. The van der Waals surface area contributed by atoms with E-state index in [1.165, 1.54) is 0 Å². The van der Waals surface area contributed by atoms with E-state index in [1.54, 1.807) is 0 Å². The molecule has 9 nitrogen and oxygen atoms in total. The summed E-state index contributed by atoms with van der Waals surface area (Å²) >= 11 is 0. The van der Waals surface area contributed by atoms with Gasteiger partial charge < -0.3 is 35.6 Å². The SMILES string of the molecule is O=C(O)C1CCCCC1C(=O)NC1C(O)O[C@H](CO)C(O)[C@@H]1O. The maximum atomic E-state index is 12.3. The number of carbonyl (C=O) groups excluding carboxylic acids is 1. The monoisotopic (exact) mass is 333 g/mol. The van der Waals surface area contributed by atoms with E-state index in [0.717, 1.165) is 12.8 Å². The van der Waals surface area contributed by atoms with Gasteiger partial charge in [-0.25, -0.2) is 0 Å². The molecule has 1 saturated carbocycles. The number of hydrogen-bond acceptors (Lipinski definition) is 7. The molecule has 1 aliphatic carbocycles. The normalized spacial score (nSPS) is 41.3. The van der Waals surface area contributed by atoms with Crippen LogP contribution in [0, 0.1) is 11.8 Å². The van der Waals surface area contributed by atoms with Crippen molar-refractivity contribution < 1.29 is 39.9 Å². The summed E-state index contributed by atoms with van der Waals surface area (Å²) in [4.78, 5) is 23.6. The van der Waals surface area contributed by atoms with Gasteiger partial charge in [0.15, 0.2) is 6.29 Å². The number of carboxylic acid groups (broad SMARTS) is 1. The van der Waals surface area contributed by atoms with E-state index in [1.807, 2.05) is 0 Å². The molecule has 1 saturated heterocycles. The molecule has 2 fully saturated rings. The standard InChI is InChI=1S/C14H23NO8/c16-5-8-10(17)11(18)9(14(22)23-8)15-12(19)6-3-1-2-4-7(6)13(20)21/h6-11,14,16-18,22H,1-5H2,(H,15,19)(H,20,21)/t6?,7?,8-,9?,10?,11-,14?/m1/s1. The van der Waals surface area contributed by atoms with Crippen molar-refractivity contribution in [3.63, 3.8) is 0 Å². The van der Waals surface area contributed by atoms with Crippen LogP contribution in [0.25, 0.3) is 0 Å². The first kappa shape index (κ1) is 18.1. The van der Waals surface area contributed by atoms with Gasteiger partial charge in [-0.3, -0.25) is 9.59 Å². The zero-order chi connectivity index (χ0) is 17.1. The number of aliphatic carboxylic acids is 1. The molecule has 7 atom stereocenters. The van der Waals surface area contributed by atoms with Crippen LogP contribution in [-0.2, 0) is 14.3 Å². The summed E-state index contributed by atoms with van der Waals surface area (Å²) in [6.45, 7) is -0.598. The Bertz CT molecular complexity index is 444. The molecular weight excluding hydrogens is 310 g/mol. The number of nitrogens with one attached hydrogen (secondary N) is 1. The van der Waals surface area contributed by atoms with Crippen LogP contribution < -0.4 is 5.32 Å². The second kappa shape index (κ2) is 7.54. The van der Waals surface area contributed by atoms with Gasteiger partial charge in [-0.1, -0.05) is 12.8 Å². The summed E-state index contributed by atoms with van der Waals surface area (Å²) in [7, 11) is 0. The molecule has 0 aromatic rings. The number of ether oxygens (including phenoxy) is 1. The van der Waals surface area contributed by atoms with Crippen molar-refractivity contribution in [2.45, 2.75) is 56.3 Å². The average Bonchev–Trinajstić information content (AvgIpc) is 2.54. The molecule has 0 aromatic heterocycles. The van der Waals surface area contributed by atoms with Crippen LogP contribution in [0.15, 0.2) is 0 Å². The van der Waals surface area contributed by atoms with Crippen molar-refractivity contribution in [3.05, 3.63) is 0 Å². The number of amides is 1. The largest absolute Gasteiger partial charge is 0.481 e. The first-order valence-electron chi connectivity index (χ1n) is 7.70. The Labute approximate surface area is 132 Å². The Morgan fingerprint density at radius 1 is 1.04 bits per heavy atom. The lowest BCUT2D eigenvalue weighted by Gasteiger charge is -2.41. The molecule has 2 rings (SSSR count). The van der Waals surface area contributed by atoms with Gasteiger partial charge in [0.1, 0.15) is 24.4 Å². The van der Waals surface area contributed by atoms with Gasteiger partial charge in [-0.15, -0.1) is 0 Å². The number of aliphatic hydroxyl groups excluding tert-OH is 4. The number of carbonyl (C=O) groups is 2. The summed E-state index contributed by atoms with van der Waals surface area (Å²) in [5, 5.41) is 50.2. The van der Waals surface area contributed by atoms with Crippen molar-refractivity contribution in [2.75, 3.05) is 6.61 Å². The predicted molar refractivity (Wildman–Crippen MR) is 75.0 cm³/mol. The number of hydrogen-bond donors (Lipinski definition) is 6. The second-order valence-corrected chi connectivity index (χ2v) is 6.10. The first-order valence-corrected chi connectivity index (χ1v) is 7.70. The Morgan fingerprint density at radius 2 is 1.65 bits per heavy atom. The Balaban J connectivity index is 2.05. The first-order chi connectivity index (χ1) is 10.9. The molecule has 6 N–H and O–H groups in total. The minimum absolute atomic E-state index is 0.398. The molecule has 1 heterocycles. The predicted octanol–water partition coefficient (Wildman–Crippen LogP) is -2.21. The van der Waals surface area contributed by atoms with Crippen molar-refractivity contribution in [1.29, 1.82) is 0 Å². The quantitative estimate of drug-likeness (QED) is 0.338. The lowest BCUT2D eigenvalue weighted by Crippen LogP contribution is -2.65. The molecular formula is C14H23NO8. The van der Waals surface area contributed by atoms with Crippen LogP contribution in [0.4, 0.5) is 0 Å². The van der Waals surface area contributed by atoms with Gasteiger partial charge in [-0.05, 0) is 12.8 Å². The smallest absolute Gasteiger partial charge is 0.307 e. The van der Waals surface area contributed by atoms with Crippen LogP contribution in [0.5, 0.6) is 0 Å². The summed E-state index contributed by atoms with van der Waals surface area (Å²) in [6, 6.07) is -1.29. The highest BCUT2D eigenvalue weighted by molar-refractivity contribution is 5.85. The van der Waals surface area contributed by atoms with E-state index in [2.05, 4.69) is 5.32 Å². The molecule has 23 heavy (non-hydrogen) atoms. The number of rotatable bonds is 4. The van der Waals surface area contributed by atoms with E-state index >= 15 is 0 Å². The molecule has 0 aromatic carbocycles. The summed E-state index contributed by atoms with van der Waals surface area (Å²) in [5.41, 5.74) is 0. The molecule has 9 heteroatoms.